The standard InChI is InChI=1S/C14H20ClNO9/c1-6(17)21-5-10-12(22-7(2)18)13(23-8(3)19)11(16-15)14(25-10)24-9(4)20/h10-14,16H,5H2,1-4H3/t10?,11?,12-,13?,14-/m1/s1. The topological polar surface area (TPSA) is 126 Å². The van der Waals surface area contributed by atoms with Crippen molar-refractivity contribution in [3.8, 4) is 0 Å². The number of carbonyl (C=O) groups excluding carboxylic acids is 4. The molecule has 1 heterocycles. The number of halogens is 1. The Bertz CT molecular complexity index is 526. The molecule has 0 aliphatic carbocycles. The largest absolute Gasteiger partial charge is 0.463 e. The summed E-state index contributed by atoms with van der Waals surface area (Å²) in [5.74, 6) is -2.65. The number of ether oxygens (including phenoxy) is 5. The predicted octanol–water partition coefficient (Wildman–Crippen LogP) is -0.187. The van der Waals surface area contributed by atoms with Gasteiger partial charge in [0.1, 0.15) is 18.8 Å². The Hall–Kier alpha value is -1.91. The summed E-state index contributed by atoms with van der Waals surface area (Å²) in [5.41, 5.74) is 0. The van der Waals surface area contributed by atoms with Gasteiger partial charge in [-0.05, 0) is 11.8 Å². The van der Waals surface area contributed by atoms with E-state index in [4.69, 9.17) is 35.5 Å². The number of carbonyl (C=O) groups is 4. The number of rotatable bonds is 6. The Morgan fingerprint density at radius 2 is 1.40 bits per heavy atom. The summed E-state index contributed by atoms with van der Waals surface area (Å²) in [4.78, 5) is 47.5. The Morgan fingerprint density at radius 3 is 1.84 bits per heavy atom. The van der Waals surface area contributed by atoms with Crippen LogP contribution < -0.4 is 4.84 Å². The van der Waals surface area contributed by atoms with E-state index in [1.54, 1.807) is 0 Å². The van der Waals surface area contributed by atoms with E-state index in [0.29, 0.717) is 0 Å². The lowest BCUT2D eigenvalue weighted by molar-refractivity contribution is -0.269. The van der Waals surface area contributed by atoms with Crippen LogP contribution in [0, 0.1) is 0 Å². The van der Waals surface area contributed by atoms with Crippen molar-refractivity contribution >= 4 is 35.7 Å². The zero-order valence-corrected chi connectivity index (χ0v) is 14.9. The van der Waals surface area contributed by atoms with Crippen molar-refractivity contribution in [2.45, 2.75) is 58.3 Å². The van der Waals surface area contributed by atoms with Crippen molar-refractivity contribution < 1.29 is 42.9 Å². The van der Waals surface area contributed by atoms with E-state index >= 15 is 0 Å². The maximum Gasteiger partial charge on any atom is 0.304 e. The third-order valence-corrected chi connectivity index (χ3v) is 3.36. The highest BCUT2D eigenvalue weighted by molar-refractivity contribution is 6.13. The minimum absolute atomic E-state index is 0.322. The lowest BCUT2D eigenvalue weighted by Crippen LogP contribution is -2.65. The smallest absolute Gasteiger partial charge is 0.304 e. The van der Waals surface area contributed by atoms with Crippen LogP contribution in [0.3, 0.4) is 0 Å². The monoisotopic (exact) mass is 381 g/mol. The minimum Gasteiger partial charge on any atom is -0.463 e. The van der Waals surface area contributed by atoms with Crippen LogP contribution in [0.15, 0.2) is 0 Å². The molecule has 1 aliphatic heterocycles. The lowest BCUT2D eigenvalue weighted by Gasteiger charge is -2.43. The molecule has 0 aromatic rings. The third-order valence-electron chi connectivity index (χ3n) is 3.11. The number of hydrogen-bond donors (Lipinski definition) is 1. The zero-order valence-electron chi connectivity index (χ0n) is 14.1. The van der Waals surface area contributed by atoms with E-state index in [9.17, 15) is 19.2 Å². The van der Waals surface area contributed by atoms with Crippen LogP contribution in [0.4, 0.5) is 0 Å². The van der Waals surface area contributed by atoms with Crippen LogP contribution in [0.25, 0.3) is 0 Å². The van der Waals surface area contributed by atoms with Crippen LogP contribution in [0.5, 0.6) is 0 Å². The van der Waals surface area contributed by atoms with Gasteiger partial charge in [-0.15, -0.1) is 0 Å². The third kappa shape index (κ3) is 6.48. The van der Waals surface area contributed by atoms with Gasteiger partial charge in [0, 0.05) is 27.7 Å². The second-order valence-corrected chi connectivity index (χ2v) is 5.46. The molecule has 25 heavy (non-hydrogen) atoms. The summed E-state index contributed by atoms with van der Waals surface area (Å²) in [6, 6.07) is -1.03. The molecule has 3 unspecified atom stereocenters. The molecule has 0 aromatic heterocycles. The Morgan fingerprint density at radius 1 is 0.880 bits per heavy atom. The van der Waals surface area contributed by atoms with Crippen LogP contribution in [-0.4, -0.2) is 61.1 Å². The summed E-state index contributed by atoms with van der Waals surface area (Å²) < 4.78 is 25.8. The first-order valence-electron chi connectivity index (χ1n) is 7.32. The minimum atomic E-state index is -1.27. The van der Waals surface area contributed by atoms with Crippen molar-refractivity contribution in [3.63, 3.8) is 0 Å². The first kappa shape index (κ1) is 21.1. The van der Waals surface area contributed by atoms with Gasteiger partial charge in [0.15, 0.2) is 12.2 Å². The predicted molar refractivity (Wildman–Crippen MR) is 80.9 cm³/mol. The van der Waals surface area contributed by atoms with Gasteiger partial charge in [0.25, 0.3) is 0 Å². The summed E-state index contributed by atoms with van der Waals surface area (Å²) in [5, 5.41) is 0. The molecule has 0 bridgehead atoms. The maximum atomic E-state index is 11.4. The highest BCUT2D eigenvalue weighted by Crippen LogP contribution is 2.28. The van der Waals surface area contributed by atoms with Gasteiger partial charge in [0.2, 0.25) is 6.29 Å². The van der Waals surface area contributed by atoms with Crippen molar-refractivity contribution in [2.24, 2.45) is 0 Å². The fourth-order valence-electron chi connectivity index (χ4n) is 2.28. The van der Waals surface area contributed by atoms with E-state index < -0.39 is 54.5 Å². The van der Waals surface area contributed by atoms with Gasteiger partial charge >= 0.3 is 23.9 Å². The molecule has 0 amide bonds. The number of esters is 4. The van der Waals surface area contributed by atoms with Crippen LogP contribution in [-0.2, 0) is 42.9 Å². The van der Waals surface area contributed by atoms with Gasteiger partial charge in [-0.25, -0.2) is 4.84 Å². The molecule has 0 spiro atoms. The van der Waals surface area contributed by atoms with E-state index in [1.165, 1.54) is 6.92 Å². The van der Waals surface area contributed by atoms with Gasteiger partial charge in [-0.2, -0.15) is 0 Å². The van der Waals surface area contributed by atoms with Crippen molar-refractivity contribution in [3.05, 3.63) is 0 Å². The van der Waals surface area contributed by atoms with Crippen LogP contribution >= 0.6 is 11.8 Å². The highest BCUT2D eigenvalue weighted by Gasteiger charge is 2.51. The van der Waals surface area contributed by atoms with Gasteiger partial charge in [-0.1, -0.05) is 0 Å². The Kier molecular flexibility index (Phi) is 8.07. The maximum absolute atomic E-state index is 11.4. The SMILES string of the molecule is CC(=O)OCC1O[C@@H](OC(C)=O)C(NCl)C(OC(C)=O)[C@@H]1OC(C)=O. The summed E-state index contributed by atoms with van der Waals surface area (Å²) >= 11 is 5.68. The van der Waals surface area contributed by atoms with Crippen molar-refractivity contribution in [1.82, 2.24) is 4.84 Å². The van der Waals surface area contributed by atoms with Crippen LogP contribution in [0.2, 0.25) is 0 Å². The Balaban J connectivity index is 3.16. The van der Waals surface area contributed by atoms with E-state index in [-0.39, 0.29) is 6.61 Å². The second-order valence-electron chi connectivity index (χ2n) is 5.24. The van der Waals surface area contributed by atoms with Gasteiger partial charge in [0.05, 0.1) is 0 Å². The average molecular weight is 382 g/mol. The van der Waals surface area contributed by atoms with Crippen molar-refractivity contribution in [2.75, 3.05) is 6.61 Å². The zero-order chi connectivity index (χ0) is 19.1. The highest BCUT2D eigenvalue weighted by atomic mass is 35.5. The molecule has 0 saturated carbocycles. The van der Waals surface area contributed by atoms with E-state index in [2.05, 4.69) is 4.84 Å². The first-order chi connectivity index (χ1) is 11.6. The molecule has 5 atom stereocenters. The quantitative estimate of drug-likeness (QED) is 0.375. The van der Waals surface area contributed by atoms with E-state index in [0.717, 1.165) is 20.8 Å². The molecular weight excluding hydrogens is 362 g/mol. The fourth-order valence-corrected chi connectivity index (χ4v) is 2.51. The van der Waals surface area contributed by atoms with Gasteiger partial charge in [-0.3, -0.25) is 19.2 Å². The first-order valence-corrected chi connectivity index (χ1v) is 7.70. The molecular formula is C14H20ClNO9. The second kappa shape index (κ2) is 9.54. The lowest BCUT2D eigenvalue weighted by atomic mass is 9.97. The normalized spacial score (nSPS) is 28.6. The van der Waals surface area contributed by atoms with Gasteiger partial charge < -0.3 is 23.7 Å². The molecule has 10 nitrogen and oxygen atoms in total. The molecule has 142 valence electrons. The molecule has 0 aromatic carbocycles. The molecule has 1 aliphatic rings. The molecule has 0 radical (unpaired) electrons. The average Bonchev–Trinajstić information content (AvgIpc) is 2.46. The molecule has 11 heteroatoms. The summed E-state index contributed by atoms with van der Waals surface area (Å²) in [7, 11) is 0. The number of nitrogens with one attached hydrogen (secondary N) is 1. The molecule has 1 fully saturated rings. The molecule has 1 N–H and O–H groups in total. The summed E-state index contributed by atoms with van der Waals surface area (Å²) in [6.07, 6.45) is -4.63. The Labute approximate surface area is 149 Å². The van der Waals surface area contributed by atoms with Crippen LogP contribution in [0.1, 0.15) is 27.7 Å². The van der Waals surface area contributed by atoms with E-state index in [1.807, 2.05) is 0 Å². The fraction of sp³-hybridized carbons (Fsp3) is 0.714. The summed E-state index contributed by atoms with van der Waals surface area (Å²) in [6.45, 7) is 4.30. The molecule has 1 rings (SSSR count). The number of hydrogen-bond acceptors (Lipinski definition) is 10. The van der Waals surface area contributed by atoms with Crippen molar-refractivity contribution in [1.29, 1.82) is 0 Å². The molecule has 1 saturated heterocycles.